The lowest BCUT2D eigenvalue weighted by Gasteiger charge is -2.15. The van der Waals surface area contributed by atoms with E-state index in [0.717, 1.165) is 0 Å². The summed E-state index contributed by atoms with van der Waals surface area (Å²) >= 11 is 0. The Balaban J connectivity index is 2.24. The smallest absolute Gasteiger partial charge is 0.324 e. The summed E-state index contributed by atoms with van der Waals surface area (Å²) in [7, 11) is -0.905. The molecule has 1 saturated heterocycles. The number of amides is 1. The zero-order valence-electron chi connectivity index (χ0n) is 11.5. The van der Waals surface area contributed by atoms with Gasteiger partial charge in [-0.15, -0.1) is 4.98 Å². The van der Waals surface area contributed by atoms with Crippen LogP contribution in [0.2, 0.25) is 0 Å². The van der Waals surface area contributed by atoms with Gasteiger partial charge in [-0.05, 0) is 0 Å². The summed E-state index contributed by atoms with van der Waals surface area (Å²) in [5.74, 6) is -0.907. The molecule has 21 heavy (non-hydrogen) atoms. The van der Waals surface area contributed by atoms with E-state index < -0.39 is 15.9 Å². The van der Waals surface area contributed by atoms with Crippen LogP contribution >= 0.6 is 0 Å². The second kappa shape index (κ2) is 5.77. The van der Waals surface area contributed by atoms with Crippen molar-refractivity contribution >= 4 is 21.9 Å². The Morgan fingerprint density at radius 1 is 1.24 bits per heavy atom. The van der Waals surface area contributed by atoms with Crippen LogP contribution in [0.15, 0.2) is 0 Å². The number of rotatable bonds is 5. The Morgan fingerprint density at radius 3 is 2.29 bits per heavy atom. The Labute approximate surface area is 121 Å². The highest BCUT2D eigenvalue weighted by Gasteiger charge is 2.34. The fourth-order valence-electron chi connectivity index (χ4n) is 2.05. The van der Waals surface area contributed by atoms with E-state index in [9.17, 15) is 13.2 Å². The number of ether oxygens (including phenoxy) is 2. The zero-order chi connectivity index (χ0) is 15.6. The molecular weight excluding hydrogens is 302 g/mol. The van der Waals surface area contributed by atoms with E-state index in [0.29, 0.717) is 0 Å². The molecule has 1 aromatic heterocycles. The van der Waals surface area contributed by atoms with E-state index in [1.54, 1.807) is 0 Å². The van der Waals surface area contributed by atoms with Crippen LogP contribution in [-0.2, 0) is 14.8 Å². The fourth-order valence-corrected chi connectivity index (χ4v) is 2.93. The quantitative estimate of drug-likeness (QED) is 0.694. The molecule has 1 aliphatic heterocycles. The van der Waals surface area contributed by atoms with Crippen LogP contribution in [0.4, 0.5) is 5.95 Å². The minimum absolute atomic E-state index is 0.000420. The minimum atomic E-state index is -3.64. The van der Waals surface area contributed by atoms with Gasteiger partial charge in [0.25, 0.3) is 0 Å². The van der Waals surface area contributed by atoms with E-state index >= 15 is 0 Å². The number of primary sulfonamides is 1. The topological polar surface area (TPSA) is 138 Å². The average Bonchev–Trinajstić information content (AvgIpc) is 2.76. The Morgan fingerprint density at radius 2 is 1.81 bits per heavy atom. The molecule has 10 nitrogen and oxygen atoms in total. The first kappa shape index (κ1) is 15.4. The van der Waals surface area contributed by atoms with Crippen LogP contribution in [0.3, 0.4) is 0 Å². The van der Waals surface area contributed by atoms with E-state index in [1.165, 1.54) is 19.1 Å². The zero-order valence-corrected chi connectivity index (χ0v) is 12.3. The van der Waals surface area contributed by atoms with Gasteiger partial charge in [0.05, 0.1) is 20.0 Å². The minimum Gasteiger partial charge on any atom is -0.467 e. The molecule has 11 heteroatoms. The molecular formula is C10H15N5O5S. The summed E-state index contributed by atoms with van der Waals surface area (Å²) in [5.41, 5.74) is 0. The number of hydrogen-bond acceptors (Lipinski definition) is 8. The molecule has 1 atom stereocenters. The third kappa shape index (κ3) is 3.76. The van der Waals surface area contributed by atoms with Gasteiger partial charge in [-0.2, -0.15) is 9.97 Å². The van der Waals surface area contributed by atoms with Crippen molar-refractivity contribution in [2.75, 3.05) is 31.4 Å². The van der Waals surface area contributed by atoms with Gasteiger partial charge < -0.3 is 9.47 Å². The van der Waals surface area contributed by atoms with E-state index in [1.807, 2.05) is 0 Å². The predicted octanol–water partition coefficient (Wildman–Crippen LogP) is -1.47. The summed E-state index contributed by atoms with van der Waals surface area (Å²) < 4.78 is 32.0. The van der Waals surface area contributed by atoms with E-state index in [2.05, 4.69) is 15.0 Å². The Kier molecular flexibility index (Phi) is 4.23. The van der Waals surface area contributed by atoms with Gasteiger partial charge in [0.2, 0.25) is 21.9 Å². The van der Waals surface area contributed by atoms with Crippen LogP contribution in [0.5, 0.6) is 12.0 Å². The number of carbonyl (C=O) groups is 1. The molecule has 1 fully saturated rings. The largest absolute Gasteiger partial charge is 0.467 e. The van der Waals surface area contributed by atoms with Crippen LogP contribution < -0.4 is 19.5 Å². The third-order valence-electron chi connectivity index (χ3n) is 2.86. The van der Waals surface area contributed by atoms with Crippen LogP contribution in [-0.4, -0.2) is 55.8 Å². The van der Waals surface area contributed by atoms with Crippen LogP contribution in [0.25, 0.3) is 0 Å². The third-order valence-corrected chi connectivity index (χ3v) is 3.80. The molecule has 116 valence electrons. The fraction of sp³-hybridized carbons (Fsp3) is 0.600. The van der Waals surface area contributed by atoms with Gasteiger partial charge >= 0.3 is 12.0 Å². The molecule has 0 radical (unpaired) electrons. The van der Waals surface area contributed by atoms with E-state index in [4.69, 9.17) is 14.6 Å². The van der Waals surface area contributed by atoms with Gasteiger partial charge in [0.1, 0.15) is 0 Å². The van der Waals surface area contributed by atoms with Gasteiger partial charge in [-0.3, -0.25) is 9.69 Å². The molecule has 0 spiro atoms. The molecule has 1 unspecified atom stereocenters. The first-order valence-electron chi connectivity index (χ1n) is 5.97. The van der Waals surface area contributed by atoms with Crippen molar-refractivity contribution in [3.63, 3.8) is 0 Å². The molecule has 0 aliphatic carbocycles. The number of hydrogen-bond donors (Lipinski definition) is 1. The van der Waals surface area contributed by atoms with Crippen molar-refractivity contribution in [1.29, 1.82) is 0 Å². The summed E-state index contributed by atoms with van der Waals surface area (Å²) in [6.07, 6.45) is 0.0622. The molecule has 2 heterocycles. The molecule has 0 saturated carbocycles. The molecule has 1 amide bonds. The second-order valence-corrected chi connectivity index (χ2v) is 6.17. The molecule has 1 aliphatic rings. The lowest BCUT2D eigenvalue weighted by atomic mass is 10.1. The molecule has 1 aromatic rings. The molecule has 0 bridgehead atoms. The highest BCUT2D eigenvalue weighted by atomic mass is 32.2. The Bertz CT molecular complexity index is 627. The average molecular weight is 317 g/mol. The summed E-state index contributed by atoms with van der Waals surface area (Å²) in [5, 5.41) is 5.00. The lowest BCUT2D eigenvalue weighted by molar-refractivity contribution is -0.117. The molecule has 2 N–H and O–H groups in total. The number of anilines is 1. The lowest BCUT2D eigenvalue weighted by Crippen LogP contribution is -2.29. The number of carbonyl (C=O) groups excluding carboxylic acids is 1. The summed E-state index contributed by atoms with van der Waals surface area (Å²) in [4.78, 5) is 25.0. The Hall–Kier alpha value is -2.01. The number of nitrogens with two attached hydrogens (primary N) is 1. The maximum atomic E-state index is 12.0. The van der Waals surface area contributed by atoms with Gasteiger partial charge in [-0.1, -0.05) is 0 Å². The molecule has 0 aromatic carbocycles. The van der Waals surface area contributed by atoms with Gasteiger partial charge in [0, 0.05) is 18.9 Å². The number of methoxy groups -OCH3 is 2. The summed E-state index contributed by atoms with van der Waals surface area (Å²) in [6, 6.07) is -0.000840. The van der Waals surface area contributed by atoms with Gasteiger partial charge in [0.15, 0.2) is 0 Å². The van der Waals surface area contributed by atoms with Gasteiger partial charge in [-0.25, -0.2) is 13.6 Å². The maximum Gasteiger partial charge on any atom is 0.324 e. The van der Waals surface area contributed by atoms with Crippen molar-refractivity contribution in [3.8, 4) is 12.0 Å². The normalized spacial score (nSPS) is 18.9. The van der Waals surface area contributed by atoms with E-state index in [-0.39, 0.29) is 42.6 Å². The maximum absolute atomic E-state index is 12.0. The van der Waals surface area contributed by atoms with Crippen LogP contribution in [0, 0.1) is 5.92 Å². The summed E-state index contributed by atoms with van der Waals surface area (Å²) in [6.45, 7) is 0.158. The SMILES string of the molecule is COc1nc(OC)nc(N2CC(CS(N)(=O)=O)CC2=O)n1. The highest BCUT2D eigenvalue weighted by molar-refractivity contribution is 7.89. The van der Waals surface area contributed by atoms with Crippen molar-refractivity contribution < 1.29 is 22.7 Å². The molecule has 2 rings (SSSR count). The van der Waals surface area contributed by atoms with Crippen molar-refractivity contribution in [1.82, 2.24) is 15.0 Å². The number of aromatic nitrogens is 3. The number of sulfonamides is 1. The van der Waals surface area contributed by atoms with Crippen molar-refractivity contribution in [3.05, 3.63) is 0 Å². The second-order valence-electron chi connectivity index (χ2n) is 4.51. The van der Waals surface area contributed by atoms with Crippen molar-refractivity contribution in [2.45, 2.75) is 6.42 Å². The highest BCUT2D eigenvalue weighted by Crippen LogP contribution is 2.25. The predicted molar refractivity (Wildman–Crippen MR) is 71.4 cm³/mol. The first-order valence-corrected chi connectivity index (χ1v) is 7.69. The van der Waals surface area contributed by atoms with Crippen LogP contribution in [0.1, 0.15) is 6.42 Å². The standard InChI is InChI=1S/C10H15N5O5S/c1-19-9-12-8(13-10(14-9)20-2)15-4-6(3-7(15)16)5-21(11,17)18/h6H,3-5H2,1-2H3,(H2,11,17,18). The monoisotopic (exact) mass is 317 g/mol. The number of nitrogens with zero attached hydrogens (tertiary/aromatic N) is 4. The first-order chi connectivity index (χ1) is 9.82. The van der Waals surface area contributed by atoms with Crippen molar-refractivity contribution in [2.24, 2.45) is 11.1 Å².